The summed E-state index contributed by atoms with van der Waals surface area (Å²) >= 11 is 0. The van der Waals surface area contributed by atoms with Gasteiger partial charge in [-0.1, -0.05) is 18.2 Å². The molecule has 4 nitrogen and oxygen atoms in total. The van der Waals surface area contributed by atoms with Crippen LogP contribution < -0.4 is 10.6 Å². The van der Waals surface area contributed by atoms with E-state index in [0.717, 1.165) is 39.0 Å². The highest BCUT2D eigenvalue weighted by atomic mass is 15.1. The molecule has 0 aliphatic carbocycles. The Morgan fingerprint density at radius 1 is 1.20 bits per heavy atom. The van der Waals surface area contributed by atoms with Crippen molar-refractivity contribution in [3.63, 3.8) is 0 Å². The Kier molecular flexibility index (Phi) is 5.62. The summed E-state index contributed by atoms with van der Waals surface area (Å²) in [7, 11) is 0. The third-order valence-corrected chi connectivity index (χ3v) is 3.49. The number of benzene rings is 1. The first-order valence-electron chi connectivity index (χ1n) is 7.27. The van der Waals surface area contributed by atoms with Crippen LogP contribution in [0.4, 0.5) is 5.69 Å². The number of para-hydroxylation sites is 1. The number of rotatable bonds is 8. The minimum absolute atomic E-state index is 0.740. The summed E-state index contributed by atoms with van der Waals surface area (Å²) in [6, 6.07) is 8.56. The maximum Gasteiger partial charge on any atom is 0.0945 e. The molecular formula is C16H24N4. The fourth-order valence-electron chi connectivity index (χ4n) is 2.42. The van der Waals surface area contributed by atoms with Crippen LogP contribution in [0.5, 0.6) is 0 Å². The van der Waals surface area contributed by atoms with Gasteiger partial charge in [-0.25, -0.2) is 4.98 Å². The topological polar surface area (TPSA) is 47.1 Å². The Bertz CT molecular complexity index is 493. The minimum atomic E-state index is 0.740. The average molecular weight is 272 g/mol. The van der Waals surface area contributed by atoms with Gasteiger partial charge < -0.3 is 15.2 Å². The van der Waals surface area contributed by atoms with E-state index in [1.165, 1.54) is 11.3 Å². The molecule has 0 aliphatic heterocycles. The number of anilines is 1. The van der Waals surface area contributed by atoms with Gasteiger partial charge in [-0.15, -0.1) is 0 Å². The van der Waals surface area contributed by atoms with Crippen molar-refractivity contribution in [1.82, 2.24) is 9.55 Å². The second-order valence-electron chi connectivity index (χ2n) is 5.07. The maximum absolute atomic E-state index is 5.66. The van der Waals surface area contributed by atoms with Crippen molar-refractivity contribution >= 4 is 5.69 Å². The van der Waals surface area contributed by atoms with Crippen LogP contribution in [0.2, 0.25) is 0 Å². The number of nitrogens with two attached hydrogens (primary N) is 1. The van der Waals surface area contributed by atoms with E-state index in [1.807, 2.05) is 18.7 Å². The van der Waals surface area contributed by atoms with E-state index in [2.05, 4.69) is 45.6 Å². The SMILES string of the molecule is Cc1ccccc1N(CCCN)CCCn1ccnc1. The van der Waals surface area contributed by atoms with Crippen LogP contribution in [0.25, 0.3) is 0 Å². The Labute approximate surface area is 121 Å². The summed E-state index contributed by atoms with van der Waals surface area (Å²) < 4.78 is 2.12. The van der Waals surface area contributed by atoms with Crippen molar-refractivity contribution in [2.24, 2.45) is 5.73 Å². The molecule has 0 spiro atoms. The largest absolute Gasteiger partial charge is 0.371 e. The number of aromatic nitrogens is 2. The third-order valence-electron chi connectivity index (χ3n) is 3.49. The first-order valence-corrected chi connectivity index (χ1v) is 7.27. The summed E-state index contributed by atoms with van der Waals surface area (Å²) in [5.74, 6) is 0. The highest BCUT2D eigenvalue weighted by Crippen LogP contribution is 2.19. The van der Waals surface area contributed by atoms with E-state index in [-0.39, 0.29) is 0 Å². The van der Waals surface area contributed by atoms with Gasteiger partial charge in [-0.2, -0.15) is 0 Å². The lowest BCUT2D eigenvalue weighted by atomic mass is 10.1. The monoisotopic (exact) mass is 272 g/mol. The van der Waals surface area contributed by atoms with E-state index in [4.69, 9.17) is 5.73 Å². The lowest BCUT2D eigenvalue weighted by molar-refractivity contribution is 0.614. The summed E-state index contributed by atoms with van der Waals surface area (Å²) in [4.78, 5) is 6.52. The van der Waals surface area contributed by atoms with Gasteiger partial charge in [-0.05, 0) is 37.9 Å². The molecule has 0 aliphatic rings. The molecule has 20 heavy (non-hydrogen) atoms. The molecule has 4 heteroatoms. The van der Waals surface area contributed by atoms with Gasteiger partial charge in [0.1, 0.15) is 0 Å². The zero-order valence-corrected chi connectivity index (χ0v) is 12.2. The molecule has 1 aromatic carbocycles. The van der Waals surface area contributed by atoms with Crippen molar-refractivity contribution in [3.05, 3.63) is 48.5 Å². The van der Waals surface area contributed by atoms with Crippen molar-refractivity contribution in [2.75, 3.05) is 24.5 Å². The van der Waals surface area contributed by atoms with Gasteiger partial charge in [0.25, 0.3) is 0 Å². The second kappa shape index (κ2) is 7.70. The molecule has 2 aromatic rings. The van der Waals surface area contributed by atoms with Crippen LogP contribution in [0.1, 0.15) is 18.4 Å². The van der Waals surface area contributed by atoms with E-state index in [9.17, 15) is 0 Å². The van der Waals surface area contributed by atoms with Crippen LogP contribution in [0.15, 0.2) is 43.0 Å². The first-order chi connectivity index (χ1) is 9.81. The standard InChI is InChI=1S/C16H24N4/c1-15-6-2-3-7-16(15)20(11-4-8-17)12-5-10-19-13-9-18-14-19/h2-3,6-7,9,13-14H,4-5,8,10-12,17H2,1H3. The first kappa shape index (κ1) is 14.6. The Hall–Kier alpha value is -1.81. The van der Waals surface area contributed by atoms with Gasteiger partial charge >= 0.3 is 0 Å². The molecule has 2 rings (SSSR count). The van der Waals surface area contributed by atoms with Gasteiger partial charge in [-0.3, -0.25) is 0 Å². The highest BCUT2D eigenvalue weighted by Gasteiger charge is 2.08. The molecule has 1 aromatic heterocycles. The molecule has 0 fully saturated rings. The van der Waals surface area contributed by atoms with Gasteiger partial charge in [0, 0.05) is 37.7 Å². The van der Waals surface area contributed by atoms with Gasteiger partial charge in [0.15, 0.2) is 0 Å². The fourth-order valence-corrected chi connectivity index (χ4v) is 2.42. The third kappa shape index (κ3) is 4.10. The molecule has 0 radical (unpaired) electrons. The molecular weight excluding hydrogens is 248 g/mol. The molecule has 0 saturated heterocycles. The van der Waals surface area contributed by atoms with Crippen molar-refractivity contribution in [2.45, 2.75) is 26.3 Å². The Morgan fingerprint density at radius 3 is 2.70 bits per heavy atom. The molecule has 0 bridgehead atoms. The van der Waals surface area contributed by atoms with Crippen molar-refractivity contribution in [1.29, 1.82) is 0 Å². The maximum atomic E-state index is 5.66. The average Bonchev–Trinajstić information content (AvgIpc) is 2.97. The van der Waals surface area contributed by atoms with Crippen LogP contribution in [0.3, 0.4) is 0 Å². The van der Waals surface area contributed by atoms with E-state index < -0.39 is 0 Å². The number of imidazole rings is 1. The second-order valence-corrected chi connectivity index (χ2v) is 5.07. The number of hydrogen-bond acceptors (Lipinski definition) is 3. The highest BCUT2D eigenvalue weighted by molar-refractivity contribution is 5.52. The van der Waals surface area contributed by atoms with Crippen LogP contribution in [-0.2, 0) is 6.54 Å². The molecule has 0 saturated carbocycles. The summed E-state index contributed by atoms with van der Waals surface area (Å²) in [6.07, 6.45) is 7.85. The Morgan fingerprint density at radius 2 is 2.00 bits per heavy atom. The number of hydrogen-bond donors (Lipinski definition) is 1. The number of nitrogens with zero attached hydrogens (tertiary/aromatic N) is 3. The van der Waals surface area contributed by atoms with Gasteiger partial charge in [0.2, 0.25) is 0 Å². The predicted octanol–water partition coefficient (Wildman–Crippen LogP) is 2.44. The minimum Gasteiger partial charge on any atom is -0.371 e. The van der Waals surface area contributed by atoms with E-state index >= 15 is 0 Å². The van der Waals surface area contributed by atoms with Crippen LogP contribution in [-0.4, -0.2) is 29.2 Å². The summed E-state index contributed by atoms with van der Waals surface area (Å²) in [5, 5.41) is 0. The number of aryl methyl sites for hydroxylation is 2. The van der Waals surface area contributed by atoms with E-state index in [1.54, 1.807) is 0 Å². The Balaban J connectivity index is 1.95. The zero-order chi connectivity index (χ0) is 14.2. The van der Waals surface area contributed by atoms with Crippen molar-refractivity contribution < 1.29 is 0 Å². The summed E-state index contributed by atoms with van der Waals surface area (Å²) in [6.45, 7) is 5.98. The van der Waals surface area contributed by atoms with Crippen molar-refractivity contribution in [3.8, 4) is 0 Å². The van der Waals surface area contributed by atoms with Gasteiger partial charge in [0.05, 0.1) is 6.33 Å². The molecule has 1 heterocycles. The molecule has 108 valence electrons. The van der Waals surface area contributed by atoms with E-state index in [0.29, 0.717) is 0 Å². The molecule has 0 atom stereocenters. The van der Waals surface area contributed by atoms with Crippen LogP contribution in [0, 0.1) is 6.92 Å². The van der Waals surface area contributed by atoms with Crippen LogP contribution >= 0.6 is 0 Å². The predicted molar refractivity (Wildman–Crippen MR) is 83.9 cm³/mol. The zero-order valence-electron chi connectivity index (χ0n) is 12.2. The normalized spacial score (nSPS) is 10.7. The smallest absolute Gasteiger partial charge is 0.0945 e. The quantitative estimate of drug-likeness (QED) is 0.803. The fraction of sp³-hybridized carbons (Fsp3) is 0.438. The molecule has 0 unspecified atom stereocenters. The molecule has 2 N–H and O–H groups in total. The lowest BCUT2D eigenvalue weighted by Crippen LogP contribution is -2.28. The molecule has 0 amide bonds. The lowest BCUT2D eigenvalue weighted by Gasteiger charge is -2.26. The summed E-state index contributed by atoms with van der Waals surface area (Å²) in [5.41, 5.74) is 8.31.